The number of pyridine rings is 1. The zero-order valence-corrected chi connectivity index (χ0v) is 78.6. The quantitative estimate of drug-likeness (QED) is 0.0290. The summed E-state index contributed by atoms with van der Waals surface area (Å²) in [6.45, 7) is 6.36. The van der Waals surface area contributed by atoms with Gasteiger partial charge >= 0.3 is 0 Å². The Morgan fingerprint density at radius 2 is 0.848 bits per heavy atom. The summed E-state index contributed by atoms with van der Waals surface area (Å²) in [4.78, 5) is 53.9. The van der Waals surface area contributed by atoms with E-state index in [1.165, 1.54) is 18.2 Å². The highest BCUT2D eigenvalue weighted by molar-refractivity contribution is 7.93. The SMILES string of the molecule is CC(=O)c1ccc(-c2cnc3nc2NCCCCS(=N)(=O)c2cccc(c2)N3)cc1.CCc1cccc(S(=O)(=O)NCCC#Cc2cnc3nc2NCCCCS(=N)(=O)c2cccc(c2)N3)c1.N=S1(=O)CCCCNc2nc(ncc2-c2cccnc2)Nc2cccc1c2.N=S1(=O)CCCCNc2nc(ncc2C#CCCCNS(=O)(=O)c2cccc(Cl)c2Cl)Nc2cccc1c2. The second-order valence-corrected chi connectivity index (χ2v) is 43.9. The normalized spacial score (nSPS) is 18.2. The Bertz CT molecular complexity index is 7060. The number of hydrogen-bond acceptors (Lipinski definition) is 30. The molecule has 9 heterocycles. The van der Waals surface area contributed by atoms with Gasteiger partial charge in [-0.25, -0.2) is 82.2 Å². The van der Waals surface area contributed by atoms with E-state index in [2.05, 4.69) is 121 Å². The number of unbranched alkanes of at least 4 members (excludes halogenated alkanes) is 1. The summed E-state index contributed by atoms with van der Waals surface area (Å²) in [6, 6.07) is 50.8. The third kappa shape index (κ3) is 27.1. The number of nitrogens with zero attached hydrogens (tertiary/aromatic N) is 9. The van der Waals surface area contributed by atoms with Crippen LogP contribution in [0.1, 0.15) is 112 Å². The average Bonchev–Trinajstić information content (AvgIpc) is 1.30. The average molecular weight is 1930 g/mol. The molecule has 12 aromatic rings. The van der Waals surface area contributed by atoms with Gasteiger partial charge in [-0.15, -0.1) is 0 Å². The van der Waals surface area contributed by atoms with Crippen LogP contribution in [0.15, 0.2) is 242 Å². The van der Waals surface area contributed by atoms with Crippen LogP contribution in [0.5, 0.6) is 0 Å². The number of carbonyl (C=O) groups excluding carboxylic acids is 1. The number of Topliss-reactive ketones (excluding diaryl/α,β-unsaturated/α-hetero) is 1. The lowest BCUT2D eigenvalue weighted by molar-refractivity contribution is 0.101. The van der Waals surface area contributed by atoms with Crippen molar-refractivity contribution in [1.82, 2.24) is 54.3 Å². The Morgan fingerprint density at radius 3 is 1.29 bits per heavy atom. The third-order valence-electron chi connectivity index (χ3n) is 20.8. The Hall–Kier alpha value is -12.6. The molecule has 0 radical (unpaired) electrons. The van der Waals surface area contributed by atoms with Gasteiger partial charge in [0, 0.05) is 164 Å². The fourth-order valence-corrected chi connectivity index (χ4v) is 22.5. The van der Waals surface area contributed by atoms with Crippen LogP contribution in [-0.4, -0.2) is 147 Å². The van der Waals surface area contributed by atoms with Crippen molar-refractivity contribution in [2.75, 3.05) is 105 Å². The lowest BCUT2D eigenvalue weighted by Crippen LogP contribution is -2.25. The summed E-state index contributed by atoms with van der Waals surface area (Å²) in [6.07, 6.45) is 17.9. The smallest absolute Gasteiger partial charge is 0.242 e. The lowest BCUT2D eigenvalue weighted by Gasteiger charge is -2.13. The minimum Gasteiger partial charge on any atom is -0.369 e. The molecule has 32 nitrogen and oxygen atoms in total. The molecule has 0 amide bonds. The molecule has 4 aliphatic heterocycles. The molecule has 7 aromatic carbocycles. The van der Waals surface area contributed by atoms with Crippen molar-refractivity contribution in [3.63, 3.8) is 0 Å². The van der Waals surface area contributed by atoms with E-state index < -0.39 is 59.0 Å². The molecular formula is C92H99Cl2N23O9S6. The number of benzene rings is 7. The van der Waals surface area contributed by atoms with Gasteiger partial charge in [0.15, 0.2) is 5.78 Å². The van der Waals surface area contributed by atoms with Crippen LogP contribution in [-0.2, 0) is 65.4 Å². The van der Waals surface area contributed by atoms with Crippen LogP contribution in [0.3, 0.4) is 0 Å². The van der Waals surface area contributed by atoms with Crippen molar-refractivity contribution >= 4 is 158 Å². The van der Waals surface area contributed by atoms with E-state index in [9.17, 15) is 38.5 Å². The summed E-state index contributed by atoms with van der Waals surface area (Å²) < 4.78 is 140. The summed E-state index contributed by atoms with van der Waals surface area (Å²) in [5.74, 6) is 17.5. The van der Waals surface area contributed by atoms with E-state index in [0.29, 0.717) is 189 Å². The van der Waals surface area contributed by atoms with Crippen LogP contribution >= 0.6 is 23.2 Å². The first kappa shape index (κ1) is 96.9. The summed E-state index contributed by atoms with van der Waals surface area (Å²) in [7, 11) is -18.8. The largest absolute Gasteiger partial charge is 0.369 e. The maximum Gasteiger partial charge on any atom is 0.242 e. The third-order valence-corrected chi connectivity index (χ3v) is 32.2. The first-order valence-electron chi connectivity index (χ1n) is 42.5. The molecule has 40 heteroatoms. The van der Waals surface area contributed by atoms with Crippen molar-refractivity contribution in [2.45, 2.75) is 120 Å². The number of carbonyl (C=O) groups is 1. The van der Waals surface area contributed by atoms with Gasteiger partial charge in [0.05, 0.1) is 77.4 Å². The summed E-state index contributed by atoms with van der Waals surface area (Å²) in [5, 5.41) is 25.9. The predicted octanol–water partition coefficient (Wildman–Crippen LogP) is 18.0. The zero-order chi connectivity index (χ0) is 93.3. The lowest BCUT2D eigenvalue weighted by atomic mass is 10.0. The molecule has 16 bridgehead atoms. The number of ketones is 1. The molecule has 4 unspecified atom stereocenters. The maximum atomic E-state index is 12.8. The second-order valence-electron chi connectivity index (χ2n) is 30.7. The minimum absolute atomic E-state index is 0.0120. The van der Waals surface area contributed by atoms with E-state index in [4.69, 9.17) is 42.3 Å². The van der Waals surface area contributed by atoms with Gasteiger partial charge in [-0.3, -0.25) is 9.78 Å². The van der Waals surface area contributed by atoms with Gasteiger partial charge in [0.2, 0.25) is 43.8 Å². The Balaban J connectivity index is 0.000000151. The molecule has 0 aliphatic carbocycles. The Labute approximate surface area is 780 Å². The van der Waals surface area contributed by atoms with Crippen molar-refractivity contribution in [2.24, 2.45) is 0 Å². The van der Waals surface area contributed by atoms with Crippen molar-refractivity contribution < 1.29 is 38.5 Å². The topological polar surface area (TPSA) is 485 Å². The summed E-state index contributed by atoms with van der Waals surface area (Å²) in [5.41, 5.74) is 9.08. The predicted molar refractivity (Wildman–Crippen MR) is 523 cm³/mol. The molecular weight excluding hydrogens is 1830 g/mol. The van der Waals surface area contributed by atoms with E-state index in [1.807, 2.05) is 55.5 Å². The van der Waals surface area contributed by atoms with E-state index in [-0.39, 0.29) is 50.2 Å². The number of aromatic nitrogens is 9. The van der Waals surface area contributed by atoms with Gasteiger partial charge in [-0.2, -0.15) is 19.9 Å². The standard InChI is InChI=1S/C26H30N6O3S2.C25H26Cl2N6O3S2.C22H23N5O2S.C19H20N6OS/c1-2-20-9-7-13-24(17-20)37(34,35)30-15-4-3-10-21-19-29-26-31-22-11-8-12-23(18-22)36(27,33)16-6-5-14-28-25(21)32-26;26-21-11-7-12-22(23(21)27)38(35,36)31-14-3-1-2-8-18-17-30-25-32-19-9-6-10-20(16-19)37(28,34)15-5-4-13-29-24(18)33-25;1-15(28)16-7-9-17(10-8-16)20-14-25-22-26-18-5-4-6-19(13-18)30(23,29)12-3-2-11-24-21(20)27-22;20-27(26)10-2-1-9-22-18-17(14-5-4-8-21-12-14)13-23-19(25-18)24-15-6-3-7-16(27)11-15/h7-9,11-13,17-19,27,30H,2,4-6,14-16H2,1H3,(H2,28,29,31,32);6-7,9-12,16-17,28,31H,1,3-5,13-15H2,(H2,29,30,32,33);4-10,13-14,23H,2-3,11-12H2,1H3,(H2,24,25,26,27);3-8,11-13,20H,1-2,9-10H2,(H2,22,23,24,25). The number of rotatable bonds is 13. The van der Waals surface area contributed by atoms with E-state index in [0.717, 1.165) is 59.3 Å². The maximum absolute atomic E-state index is 12.8. The zero-order valence-electron chi connectivity index (χ0n) is 72.2. The van der Waals surface area contributed by atoms with Gasteiger partial charge in [-0.05, 0) is 185 Å². The van der Waals surface area contributed by atoms with Gasteiger partial charge in [0.1, 0.15) is 28.2 Å². The van der Waals surface area contributed by atoms with Crippen LogP contribution in [0.4, 0.5) is 69.8 Å². The van der Waals surface area contributed by atoms with Crippen LogP contribution in [0.2, 0.25) is 10.0 Å². The fraction of sp³-hybridized carbons (Fsp3) is 0.261. The number of anilines is 12. The van der Waals surface area contributed by atoms with Crippen molar-refractivity contribution in [3.05, 3.63) is 245 Å². The second kappa shape index (κ2) is 45.0. The molecule has 16 rings (SSSR count). The molecule has 5 aromatic heterocycles. The number of aryl methyl sites for hydroxylation is 1. The molecule has 4 aliphatic rings. The molecule has 686 valence electrons. The van der Waals surface area contributed by atoms with Crippen LogP contribution in [0.25, 0.3) is 22.3 Å². The minimum atomic E-state index is -3.79. The monoisotopic (exact) mass is 1930 g/mol. The van der Waals surface area contributed by atoms with E-state index >= 15 is 0 Å². The molecule has 0 saturated heterocycles. The molecule has 14 N–H and O–H groups in total. The van der Waals surface area contributed by atoms with Gasteiger partial charge < -0.3 is 42.5 Å². The van der Waals surface area contributed by atoms with E-state index in [1.54, 1.807) is 153 Å². The summed E-state index contributed by atoms with van der Waals surface area (Å²) >= 11 is 12.0. The van der Waals surface area contributed by atoms with Crippen molar-refractivity contribution in [3.8, 4) is 45.9 Å². The first-order chi connectivity index (χ1) is 63.5. The highest BCUT2D eigenvalue weighted by atomic mass is 35.5. The van der Waals surface area contributed by atoms with Gasteiger partial charge in [-0.1, -0.05) is 127 Å². The molecule has 4 atom stereocenters. The van der Waals surface area contributed by atoms with Gasteiger partial charge in [0.25, 0.3) is 0 Å². The Kier molecular flexibility index (Phi) is 33.1. The Morgan fingerprint density at radius 1 is 0.439 bits per heavy atom. The highest BCUT2D eigenvalue weighted by Crippen LogP contribution is 2.34. The van der Waals surface area contributed by atoms with Crippen LogP contribution < -0.4 is 52.0 Å². The number of hydrogen-bond donors (Lipinski definition) is 14. The number of halogens is 2. The molecule has 0 spiro atoms. The van der Waals surface area contributed by atoms with Crippen LogP contribution in [0, 0.1) is 42.8 Å². The highest BCUT2D eigenvalue weighted by Gasteiger charge is 2.24. The number of nitrogens with one attached hydrogen (secondary N) is 14. The fourth-order valence-electron chi connectivity index (χ4n) is 13.7. The van der Waals surface area contributed by atoms with Crippen molar-refractivity contribution in [1.29, 1.82) is 19.1 Å². The molecule has 0 fully saturated rings. The molecule has 132 heavy (non-hydrogen) atoms. The number of fused-ring (bicyclic) bond motifs is 16. The number of sulfonamides is 2. The first-order valence-corrected chi connectivity index (χ1v) is 53.1. The molecule has 0 saturated carbocycles.